The van der Waals surface area contributed by atoms with Crippen molar-refractivity contribution in [2.45, 2.75) is 43.1 Å². The van der Waals surface area contributed by atoms with Crippen LogP contribution in [0.25, 0.3) is 0 Å². The normalized spacial score (nSPS) is 24.3. The monoisotopic (exact) mass is 569 g/mol. The molecule has 0 spiro atoms. The van der Waals surface area contributed by atoms with E-state index in [9.17, 15) is 10.1 Å². The van der Waals surface area contributed by atoms with Crippen LogP contribution in [0.4, 0.5) is 0 Å². The summed E-state index contributed by atoms with van der Waals surface area (Å²) in [7, 11) is 8.62. The highest BCUT2D eigenvalue weighted by molar-refractivity contribution is 5.89. The van der Waals surface area contributed by atoms with Crippen LogP contribution >= 0.6 is 0 Å². The minimum absolute atomic E-state index is 0.0308. The molecule has 0 aliphatic carbocycles. The number of fused-ring (bicyclic) bond motifs is 7. The van der Waals surface area contributed by atoms with Gasteiger partial charge in [-0.3, -0.25) is 9.80 Å². The summed E-state index contributed by atoms with van der Waals surface area (Å²) in [6.07, 6.45) is 1.35. The number of piperazine rings is 1. The first kappa shape index (κ1) is 27.9. The topological polar surface area (TPSA) is 93.5 Å². The number of rotatable bonds is 7. The first-order valence-corrected chi connectivity index (χ1v) is 14.0. The predicted octanol–water partition coefficient (Wildman–Crippen LogP) is 4.35. The predicted molar refractivity (Wildman–Crippen MR) is 155 cm³/mol. The molecule has 1 fully saturated rings. The lowest BCUT2D eigenvalue weighted by Crippen LogP contribution is -2.68. The number of hydrogen-bond acceptors (Lipinski definition) is 9. The molecule has 0 amide bonds. The Morgan fingerprint density at radius 3 is 1.98 bits per heavy atom. The second kappa shape index (κ2) is 11.2. The summed E-state index contributed by atoms with van der Waals surface area (Å²) in [5, 5.41) is 10.7. The molecule has 3 aliphatic heterocycles. The summed E-state index contributed by atoms with van der Waals surface area (Å²) in [4.78, 5) is 17.7. The van der Waals surface area contributed by atoms with Gasteiger partial charge >= 0.3 is 5.97 Å². The van der Waals surface area contributed by atoms with E-state index in [1.54, 1.807) is 40.6 Å². The molecule has 5 atom stereocenters. The first-order valence-electron chi connectivity index (χ1n) is 14.0. The van der Waals surface area contributed by atoms with Gasteiger partial charge in [0, 0.05) is 12.1 Å². The van der Waals surface area contributed by atoms with E-state index in [1.165, 1.54) is 0 Å². The lowest BCUT2D eigenvalue weighted by molar-refractivity contribution is -0.0832. The van der Waals surface area contributed by atoms with Crippen LogP contribution < -0.4 is 18.9 Å². The summed E-state index contributed by atoms with van der Waals surface area (Å²) < 4.78 is 28.6. The largest absolute Gasteiger partial charge is 0.493 e. The summed E-state index contributed by atoms with van der Waals surface area (Å²) >= 11 is 0. The fourth-order valence-electron chi connectivity index (χ4n) is 7.16. The molecule has 3 heterocycles. The van der Waals surface area contributed by atoms with E-state index in [1.807, 2.05) is 30.3 Å². The minimum atomic E-state index is -0.445. The average molecular weight is 570 g/mol. The van der Waals surface area contributed by atoms with Crippen molar-refractivity contribution < 1.29 is 28.5 Å². The van der Waals surface area contributed by atoms with Crippen LogP contribution in [0.15, 0.2) is 54.6 Å². The van der Waals surface area contributed by atoms with Crippen molar-refractivity contribution in [3.63, 3.8) is 0 Å². The molecule has 3 aromatic rings. The van der Waals surface area contributed by atoms with Crippen LogP contribution in [0.5, 0.6) is 23.0 Å². The number of ether oxygens (including phenoxy) is 5. The van der Waals surface area contributed by atoms with Crippen molar-refractivity contribution in [3.05, 3.63) is 82.4 Å². The third-order valence-electron chi connectivity index (χ3n) is 9.10. The lowest BCUT2D eigenvalue weighted by atomic mass is 9.72. The zero-order chi connectivity index (χ0) is 29.5. The van der Waals surface area contributed by atoms with Gasteiger partial charge in [-0.15, -0.1) is 0 Å². The molecule has 0 N–H and O–H groups in total. The maximum atomic E-state index is 13.1. The zero-order valence-corrected chi connectivity index (χ0v) is 24.5. The van der Waals surface area contributed by atoms with E-state index < -0.39 is 12.0 Å². The fourth-order valence-corrected chi connectivity index (χ4v) is 7.16. The van der Waals surface area contributed by atoms with Gasteiger partial charge in [-0.2, -0.15) is 5.26 Å². The molecule has 218 valence electrons. The Labute approximate surface area is 246 Å². The molecule has 3 aliphatic rings. The van der Waals surface area contributed by atoms with Crippen molar-refractivity contribution >= 4 is 5.97 Å². The lowest BCUT2D eigenvalue weighted by Gasteiger charge is -2.59. The van der Waals surface area contributed by atoms with Gasteiger partial charge in [-0.05, 0) is 78.5 Å². The second-order valence-electron chi connectivity index (χ2n) is 11.0. The molecule has 9 heteroatoms. The van der Waals surface area contributed by atoms with E-state index >= 15 is 0 Å². The minimum Gasteiger partial charge on any atom is -0.493 e. The quantitative estimate of drug-likeness (QED) is 0.385. The second-order valence-corrected chi connectivity index (χ2v) is 11.0. The first-order chi connectivity index (χ1) is 20.4. The smallest absolute Gasteiger partial charge is 0.338 e. The molecular weight excluding hydrogens is 534 g/mol. The number of carbonyl (C=O) groups is 1. The number of hydrogen-bond donors (Lipinski definition) is 0. The van der Waals surface area contributed by atoms with Gasteiger partial charge in [-0.1, -0.05) is 18.2 Å². The molecule has 42 heavy (non-hydrogen) atoms. The number of esters is 1. The molecule has 3 aromatic carbocycles. The maximum Gasteiger partial charge on any atom is 0.338 e. The third-order valence-corrected chi connectivity index (χ3v) is 9.10. The number of methoxy groups -OCH3 is 4. The van der Waals surface area contributed by atoms with Gasteiger partial charge in [0.05, 0.1) is 52.2 Å². The molecule has 0 radical (unpaired) electrons. The number of nitrogens with zero attached hydrogens (tertiary/aromatic N) is 3. The van der Waals surface area contributed by atoms with E-state index in [-0.39, 0.29) is 30.8 Å². The maximum absolute atomic E-state index is 13.1. The average Bonchev–Trinajstić information content (AvgIpc) is 3.02. The number of carbonyl (C=O) groups excluding carboxylic acids is 1. The SMILES string of the molecule is COc1cc2c(cc1OC)[C@@H]1[C@@H]3Cc4cc(OC)c(OC)cc4[C@H](COC(=O)c4ccccc4)N3[C@@H](C#N)[C@H](C2)N1C. The molecule has 9 nitrogen and oxygen atoms in total. The van der Waals surface area contributed by atoms with Crippen LogP contribution in [0.2, 0.25) is 0 Å². The summed E-state index contributed by atoms with van der Waals surface area (Å²) in [5.74, 6) is 2.19. The molecule has 6 rings (SSSR count). The molecule has 0 aromatic heterocycles. The van der Waals surface area contributed by atoms with Crippen LogP contribution in [-0.2, 0) is 17.6 Å². The van der Waals surface area contributed by atoms with E-state index in [0.717, 1.165) is 22.3 Å². The van der Waals surface area contributed by atoms with Gasteiger partial charge in [0.15, 0.2) is 23.0 Å². The highest BCUT2D eigenvalue weighted by Gasteiger charge is 2.54. The van der Waals surface area contributed by atoms with Crippen LogP contribution in [0.1, 0.15) is 44.7 Å². The van der Waals surface area contributed by atoms with Gasteiger partial charge in [0.1, 0.15) is 12.6 Å². The van der Waals surface area contributed by atoms with Crippen molar-refractivity contribution in [1.29, 1.82) is 5.26 Å². The van der Waals surface area contributed by atoms with Crippen molar-refractivity contribution in [2.75, 3.05) is 42.1 Å². The molecular formula is C33H35N3O6. The Kier molecular flexibility index (Phi) is 7.43. The number of benzene rings is 3. The van der Waals surface area contributed by atoms with Crippen molar-refractivity contribution in [3.8, 4) is 29.1 Å². The van der Waals surface area contributed by atoms with Gasteiger partial charge < -0.3 is 23.7 Å². The van der Waals surface area contributed by atoms with E-state index in [2.05, 4.69) is 35.0 Å². The highest BCUT2D eigenvalue weighted by Crippen LogP contribution is 2.52. The Morgan fingerprint density at radius 1 is 0.833 bits per heavy atom. The summed E-state index contributed by atoms with van der Waals surface area (Å²) in [5.41, 5.74) is 4.85. The fraction of sp³-hybridized carbons (Fsp3) is 0.394. The van der Waals surface area contributed by atoms with Gasteiger partial charge in [0.2, 0.25) is 0 Å². The Morgan fingerprint density at radius 2 is 1.38 bits per heavy atom. The third kappa shape index (κ3) is 4.42. The van der Waals surface area contributed by atoms with Crippen molar-refractivity contribution in [2.24, 2.45) is 0 Å². The van der Waals surface area contributed by atoms with Crippen molar-refractivity contribution in [1.82, 2.24) is 9.80 Å². The van der Waals surface area contributed by atoms with Crippen LogP contribution in [0.3, 0.4) is 0 Å². The Bertz CT molecular complexity index is 1540. The van der Waals surface area contributed by atoms with Gasteiger partial charge in [-0.25, -0.2) is 4.79 Å². The molecule has 1 saturated heterocycles. The van der Waals surface area contributed by atoms with E-state index in [0.29, 0.717) is 41.4 Å². The van der Waals surface area contributed by atoms with Crippen LogP contribution in [0, 0.1) is 11.3 Å². The number of likely N-dealkylation sites (N-methyl/N-ethyl adjacent to an activating group) is 1. The summed E-state index contributed by atoms with van der Waals surface area (Å²) in [6.45, 7) is 0.0901. The Balaban J connectivity index is 1.48. The number of nitriles is 1. The van der Waals surface area contributed by atoms with Gasteiger partial charge in [0.25, 0.3) is 0 Å². The standard InChI is InChI=1S/C33H35N3O6/c1-35-24-11-21-14-29(39-3)31(41-5)16-23(21)32(35)25-12-20-13-28(38-2)30(40-4)15-22(20)27(36(25)26(24)17-34)18-42-33(37)19-9-7-6-8-10-19/h6-10,13-16,24-27,32H,11-12,18H2,1-5H3/t24-,25-,26-,27-,32+/m0/s1. The molecule has 2 bridgehead atoms. The molecule has 0 unspecified atom stereocenters. The summed E-state index contributed by atoms with van der Waals surface area (Å²) in [6, 6.07) is 18.7. The van der Waals surface area contributed by atoms with E-state index in [4.69, 9.17) is 23.7 Å². The highest BCUT2D eigenvalue weighted by atomic mass is 16.5. The molecule has 0 saturated carbocycles. The van der Waals surface area contributed by atoms with Crippen LogP contribution in [-0.4, -0.2) is 76.0 Å². The zero-order valence-electron chi connectivity index (χ0n) is 24.5. The Hall–Kier alpha value is -4.26.